The summed E-state index contributed by atoms with van der Waals surface area (Å²) in [6, 6.07) is 12.0. The summed E-state index contributed by atoms with van der Waals surface area (Å²) in [7, 11) is 0. The molecule has 1 aromatic rings. The molecule has 0 aliphatic heterocycles. The molecule has 0 radical (unpaired) electrons. The van der Waals surface area contributed by atoms with E-state index in [2.05, 4.69) is 12.6 Å². The topological polar surface area (TPSA) is 0 Å². The lowest BCUT2D eigenvalue weighted by molar-refractivity contribution is 1.72. The lowest BCUT2D eigenvalue weighted by Crippen LogP contribution is -1.47. The molecule has 0 saturated carbocycles. The molecule has 1 rings (SSSR count). The van der Waals surface area contributed by atoms with Crippen molar-refractivity contribution in [1.29, 1.82) is 0 Å². The van der Waals surface area contributed by atoms with Crippen LogP contribution in [0.5, 0.6) is 0 Å². The highest BCUT2D eigenvalue weighted by Crippen LogP contribution is 1.79. The van der Waals surface area contributed by atoms with Crippen LogP contribution in [0.4, 0.5) is 0 Å². The molecule has 0 aliphatic carbocycles. The summed E-state index contributed by atoms with van der Waals surface area (Å²) in [5.74, 6) is 0. The molecule has 10 heavy (non-hydrogen) atoms. The van der Waals surface area contributed by atoms with Crippen LogP contribution in [0.3, 0.4) is 0 Å². The Morgan fingerprint density at radius 2 is 1.10 bits per heavy atom. The second-order valence-electron chi connectivity index (χ2n) is 1.64. The minimum absolute atomic E-state index is 1.69. The van der Waals surface area contributed by atoms with Gasteiger partial charge in [-0.3, -0.25) is 0 Å². The zero-order valence-electron chi connectivity index (χ0n) is 6.07. The third kappa shape index (κ3) is 7.31. The van der Waals surface area contributed by atoms with Gasteiger partial charge in [-0.2, -0.15) is 12.6 Å². The second kappa shape index (κ2) is 8.31. The fraction of sp³-hybridized carbons (Fsp3) is 0.111. The van der Waals surface area contributed by atoms with E-state index in [4.69, 9.17) is 0 Å². The lowest BCUT2D eigenvalue weighted by Gasteiger charge is -1.69. The van der Waals surface area contributed by atoms with Crippen LogP contribution in [-0.2, 0) is 0 Å². The highest BCUT2D eigenvalue weighted by molar-refractivity contribution is 7.83. The van der Waals surface area contributed by atoms with E-state index in [1.807, 2.05) is 49.4 Å². The SMILES string of the molecule is C/C=C/S.c1ccccc1. The van der Waals surface area contributed by atoms with E-state index >= 15 is 0 Å². The van der Waals surface area contributed by atoms with Gasteiger partial charge >= 0.3 is 0 Å². The maximum Gasteiger partial charge on any atom is -0.0367 e. The summed E-state index contributed by atoms with van der Waals surface area (Å²) in [6.07, 6.45) is 1.86. The lowest BCUT2D eigenvalue weighted by atomic mass is 10.4. The predicted molar refractivity (Wildman–Crippen MR) is 50.2 cm³/mol. The molecule has 1 heteroatoms. The third-order valence-corrected chi connectivity index (χ3v) is 1.11. The van der Waals surface area contributed by atoms with E-state index in [1.165, 1.54) is 0 Å². The molecule has 0 saturated heterocycles. The van der Waals surface area contributed by atoms with Crippen LogP contribution in [0.2, 0.25) is 0 Å². The molecule has 0 heterocycles. The standard InChI is InChI=1S/C6H6.C3H6S/c1-2-4-6-5-3-1;1-2-3-4/h1-6H;2-4H,1H3/b;3-2+. The molecular formula is C9H12S. The molecule has 0 nitrogen and oxygen atoms in total. The highest BCUT2D eigenvalue weighted by Gasteiger charge is 1.57. The fourth-order valence-electron chi connectivity index (χ4n) is 0.385. The quantitative estimate of drug-likeness (QED) is 0.542. The molecule has 0 N–H and O–H groups in total. The fourth-order valence-corrected chi connectivity index (χ4v) is 0.385. The Balaban J connectivity index is 0.000000180. The Morgan fingerprint density at radius 3 is 1.20 bits per heavy atom. The molecule has 1 aromatic carbocycles. The van der Waals surface area contributed by atoms with Crippen LogP contribution in [0.15, 0.2) is 47.9 Å². The number of allylic oxidation sites excluding steroid dienone is 1. The Bertz CT molecular complexity index is 125. The van der Waals surface area contributed by atoms with Crippen molar-refractivity contribution in [1.82, 2.24) is 0 Å². The van der Waals surface area contributed by atoms with Gasteiger partial charge in [-0.05, 0) is 12.3 Å². The number of hydrogen-bond donors (Lipinski definition) is 1. The average Bonchev–Trinajstić information content (AvgIpc) is 2.08. The van der Waals surface area contributed by atoms with E-state index in [-0.39, 0.29) is 0 Å². The van der Waals surface area contributed by atoms with Crippen LogP contribution in [0.1, 0.15) is 6.92 Å². The Kier molecular flexibility index (Phi) is 7.74. The summed E-state index contributed by atoms with van der Waals surface area (Å²) >= 11 is 3.74. The van der Waals surface area contributed by atoms with Crippen molar-refractivity contribution >= 4 is 12.6 Å². The minimum atomic E-state index is 1.69. The predicted octanol–water partition coefficient (Wildman–Crippen LogP) is 3.14. The van der Waals surface area contributed by atoms with Gasteiger partial charge in [0, 0.05) is 0 Å². The maximum absolute atomic E-state index is 3.74. The largest absolute Gasteiger partial charge is 0.152 e. The van der Waals surface area contributed by atoms with Crippen molar-refractivity contribution in [2.45, 2.75) is 6.92 Å². The van der Waals surface area contributed by atoms with E-state index in [0.29, 0.717) is 0 Å². The van der Waals surface area contributed by atoms with Gasteiger partial charge in [0.15, 0.2) is 0 Å². The van der Waals surface area contributed by atoms with Crippen molar-refractivity contribution in [3.05, 3.63) is 47.9 Å². The highest BCUT2D eigenvalue weighted by atomic mass is 32.1. The Labute approximate surface area is 68.0 Å². The summed E-state index contributed by atoms with van der Waals surface area (Å²) in [4.78, 5) is 0. The van der Waals surface area contributed by atoms with Crippen molar-refractivity contribution < 1.29 is 0 Å². The summed E-state index contributed by atoms with van der Waals surface area (Å²) in [5, 5.41) is 1.69. The second-order valence-corrected chi connectivity index (χ2v) is 1.94. The zero-order valence-corrected chi connectivity index (χ0v) is 6.96. The molecule has 0 unspecified atom stereocenters. The van der Waals surface area contributed by atoms with Gasteiger partial charge in [-0.1, -0.05) is 42.5 Å². The van der Waals surface area contributed by atoms with E-state index in [9.17, 15) is 0 Å². The molecule has 0 spiro atoms. The van der Waals surface area contributed by atoms with Crippen LogP contribution in [-0.4, -0.2) is 0 Å². The van der Waals surface area contributed by atoms with Gasteiger partial charge in [-0.15, -0.1) is 0 Å². The summed E-state index contributed by atoms with van der Waals surface area (Å²) in [5.41, 5.74) is 0. The number of thiol groups is 1. The van der Waals surface area contributed by atoms with Crippen LogP contribution in [0, 0.1) is 0 Å². The first kappa shape index (κ1) is 9.31. The van der Waals surface area contributed by atoms with E-state index in [0.717, 1.165) is 0 Å². The molecule has 0 fully saturated rings. The number of benzene rings is 1. The molecular weight excluding hydrogens is 140 g/mol. The molecule has 0 amide bonds. The molecule has 0 bridgehead atoms. The molecule has 0 aromatic heterocycles. The number of hydrogen-bond acceptors (Lipinski definition) is 1. The monoisotopic (exact) mass is 152 g/mol. The van der Waals surface area contributed by atoms with Crippen molar-refractivity contribution in [3.63, 3.8) is 0 Å². The Morgan fingerprint density at radius 1 is 0.900 bits per heavy atom. The van der Waals surface area contributed by atoms with Crippen molar-refractivity contribution in [2.24, 2.45) is 0 Å². The van der Waals surface area contributed by atoms with E-state index in [1.54, 1.807) is 5.41 Å². The van der Waals surface area contributed by atoms with Crippen molar-refractivity contribution in [2.75, 3.05) is 0 Å². The Hall–Kier alpha value is -0.690. The van der Waals surface area contributed by atoms with Crippen LogP contribution >= 0.6 is 12.6 Å². The average molecular weight is 152 g/mol. The van der Waals surface area contributed by atoms with Gasteiger partial charge in [0.05, 0.1) is 0 Å². The van der Waals surface area contributed by atoms with E-state index < -0.39 is 0 Å². The van der Waals surface area contributed by atoms with Gasteiger partial charge in [0.1, 0.15) is 0 Å². The summed E-state index contributed by atoms with van der Waals surface area (Å²) in [6.45, 7) is 1.92. The third-order valence-electron chi connectivity index (χ3n) is 0.816. The van der Waals surface area contributed by atoms with Crippen LogP contribution in [0.25, 0.3) is 0 Å². The van der Waals surface area contributed by atoms with Gasteiger partial charge < -0.3 is 0 Å². The van der Waals surface area contributed by atoms with Crippen molar-refractivity contribution in [3.8, 4) is 0 Å². The molecule has 54 valence electrons. The zero-order chi connectivity index (χ0) is 7.66. The smallest absolute Gasteiger partial charge is 0.0367 e. The van der Waals surface area contributed by atoms with Gasteiger partial charge in [-0.25, -0.2) is 0 Å². The first-order chi connectivity index (χ1) is 4.91. The maximum atomic E-state index is 3.74. The molecule has 0 aliphatic rings. The molecule has 0 atom stereocenters. The number of rotatable bonds is 0. The van der Waals surface area contributed by atoms with Gasteiger partial charge in [0.2, 0.25) is 0 Å². The first-order valence-electron chi connectivity index (χ1n) is 3.17. The summed E-state index contributed by atoms with van der Waals surface area (Å²) < 4.78 is 0. The first-order valence-corrected chi connectivity index (χ1v) is 3.69. The minimum Gasteiger partial charge on any atom is -0.152 e. The normalized spacial score (nSPS) is 8.60. The van der Waals surface area contributed by atoms with Gasteiger partial charge in [0.25, 0.3) is 0 Å². The van der Waals surface area contributed by atoms with Crippen LogP contribution < -0.4 is 0 Å².